The van der Waals surface area contributed by atoms with Crippen LogP contribution in [-0.2, 0) is 10.8 Å². The third kappa shape index (κ3) is 4.60. The molecule has 0 saturated heterocycles. The molecular weight excluding hydrogens is 673 g/mol. The summed E-state index contributed by atoms with van der Waals surface area (Å²) in [5.41, 5.74) is 20.9. The largest absolute Gasteiger partial charge is 0.0622 e. The number of hydrogen-bond acceptors (Lipinski definition) is 0. The minimum Gasteiger partial charge on any atom is -0.0622 e. The zero-order valence-electron chi connectivity index (χ0n) is 32.3. The average Bonchev–Trinajstić information content (AvgIpc) is 3.62. The Morgan fingerprint density at radius 3 is 1.50 bits per heavy atom. The standard InChI is InChI=1S/C56H42/c1-55(2)49-27-15-13-24-45(49)54-46(25-16-28-50(54)55)53-43-23-11-10-22-42(43)52(44-32-29-36(33-47(44)53)35-17-6-5-7-18-35)41-21-9-8-19-38(41)37-30-31-40-39-20-12-14-26-48(39)56(3,4)51(40)34-37/h5-34H,1-4H3. The molecule has 9 aromatic rings. The summed E-state index contributed by atoms with van der Waals surface area (Å²) in [6.07, 6.45) is 0. The van der Waals surface area contributed by atoms with Crippen molar-refractivity contribution in [3.05, 3.63) is 204 Å². The molecule has 0 heterocycles. The Morgan fingerprint density at radius 1 is 0.250 bits per heavy atom. The van der Waals surface area contributed by atoms with Crippen LogP contribution < -0.4 is 0 Å². The number of hydrogen-bond donors (Lipinski definition) is 0. The van der Waals surface area contributed by atoms with E-state index in [2.05, 4.69) is 210 Å². The van der Waals surface area contributed by atoms with E-state index in [1.165, 1.54) is 111 Å². The van der Waals surface area contributed by atoms with Gasteiger partial charge in [-0.1, -0.05) is 198 Å². The normalized spacial score (nSPS) is 14.4. The Balaban J connectivity index is 1.22. The molecule has 2 aliphatic rings. The van der Waals surface area contributed by atoms with Crippen LogP contribution in [0.25, 0.3) is 88.3 Å². The highest BCUT2D eigenvalue weighted by molar-refractivity contribution is 6.24. The molecule has 0 spiro atoms. The highest BCUT2D eigenvalue weighted by atomic mass is 14.4. The van der Waals surface area contributed by atoms with Crippen LogP contribution in [0.1, 0.15) is 49.9 Å². The Hall–Kier alpha value is -6.50. The first kappa shape index (κ1) is 32.9. The van der Waals surface area contributed by atoms with Crippen LogP contribution in [0.2, 0.25) is 0 Å². The first-order valence-corrected chi connectivity index (χ1v) is 19.9. The molecule has 11 rings (SSSR count). The first-order chi connectivity index (χ1) is 27.3. The fourth-order valence-electron chi connectivity index (χ4n) is 10.4. The predicted molar refractivity (Wildman–Crippen MR) is 238 cm³/mol. The fraction of sp³-hybridized carbons (Fsp3) is 0.107. The first-order valence-electron chi connectivity index (χ1n) is 19.9. The topological polar surface area (TPSA) is 0 Å². The summed E-state index contributed by atoms with van der Waals surface area (Å²) in [5.74, 6) is 0. The summed E-state index contributed by atoms with van der Waals surface area (Å²) >= 11 is 0. The highest BCUT2D eigenvalue weighted by Gasteiger charge is 2.38. The minimum atomic E-state index is -0.0899. The summed E-state index contributed by atoms with van der Waals surface area (Å²) in [7, 11) is 0. The molecule has 0 radical (unpaired) electrons. The van der Waals surface area contributed by atoms with Gasteiger partial charge >= 0.3 is 0 Å². The van der Waals surface area contributed by atoms with Crippen molar-refractivity contribution in [2.24, 2.45) is 0 Å². The summed E-state index contributed by atoms with van der Waals surface area (Å²) < 4.78 is 0. The van der Waals surface area contributed by atoms with Gasteiger partial charge in [-0.05, 0) is 123 Å². The van der Waals surface area contributed by atoms with Crippen LogP contribution in [0.5, 0.6) is 0 Å². The quantitative estimate of drug-likeness (QED) is 0.159. The molecular formula is C56H42. The number of fused-ring (bicyclic) bond motifs is 8. The second kappa shape index (κ2) is 12.0. The van der Waals surface area contributed by atoms with Gasteiger partial charge in [0.1, 0.15) is 0 Å². The third-order valence-corrected chi connectivity index (χ3v) is 13.1. The number of benzene rings is 9. The Labute approximate surface area is 329 Å². The van der Waals surface area contributed by atoms with Gasteiger partial charge in [0, 0.05) is 10.8 Å². The lowest BCUT2D eigenvalue weighted by Crippen LogP contribution is -2.14. The maximum atomic E-state index is 2.47. The Kier molecular flexibility index (Phi) is 7.05. The van der Waals surface area contributed by atoms with Crippen LogP contribution in [0.15, 0.2) is 182 Å². The molecule has 0 bridgehead atoms. The Bertz CT molecular complexity index is 3060. The van der Waals surface area contributed by atoms with E-state index in [1.54, 1.807) is 0 Å². The molecule has 0 heteroatoms. The molecule has 0 N–H and O–H groups in total. The lowest BCUT2D eigenvalue weighted by Gasteiger charge is -2.24. The molecule has 0 fully saturated rings. The van der Waals surface area contributed by atoms with Gasteiger partial charge in [-0.2, -0.15) is 0 Å². The van der Waals surface area contributed by atoms with Crippen molar-refractivity contribution in [3.63, 3.8) is 0 Å². The van der Waals surface area contributed by atoms with Crippen molar-refractivity contribution in [2.75, 3.05) is 0 Å². The molecule has 0 atom stereocenters. The van der Waals surface area contributed by atoms with Gasteiger partial charge in [0.05, 0.1) is 0 Å². The minimum absolute atomic E-state index is 0.0745. The molecule has 2 aliphatic carbocycles. The second-order valence-electron chi connectivity index (χ2n) is 16.8. The van der Waals surface area contributed by atoms with Gasteiger partial charge in [-0.25, -0.2) is 0 Å². The van der Waals surface area contributed by atoms with Gasteiger partial charge in [0.15, 0.2) is 0 Å². The average molecular weight is 715 g/mol. The van der Waals surface area contributed by atoms with Crippen LogP contribution in [0.4, 0.5) is 0 Å². The second-order valence-corrected chi connectivity index (χ2v) is 16.8. The highest BCUT2D eigenvalue weighted by Crippen LogP contribution is 2.56. The zero-order chi connectivity index (χ0) is 37.8. The summed E-state index contributed by atoms with van der Waals surface area (Å²) in [6.45, 7) is 9.50. The van der Waals surface area contributed by atoms with E-state index in [1.807, 2.05) is 0 Å². The molecule has 9 aromatic carbocycles. The lowest BCUT2D eigenvalue weighted by molar-refractivity contribution is 0.660. The Morgan fingerprint density at radius 2 is 0.750 bits per heavy atom. The smallest absolute Gasteiger partial charge is 0.0159 e. The molecule has 0 unspecified atom stereocenters. The summed E-state index contributed by atoms with van der Waals surface area (Å²) in [4.78, 5) is 0. The van der Waals surface area contributed by atoms with E-state index >= 15 is 0 Å². The SMILES string of the molecule is CC1(C)c2ccccc2-c2ccc(-c3ccccc3-c3c4ccccc4c(-c4cccc5c4-c4ccccc4C5(C)C)c4cc(-c5ccccc5)ccc34)cc21. The molecule has 0 aromatic heterocycles. The lowest BCUT2D eigenvalue weighted by atomic mass is 9.79. The third-order valence-electron chi connectivity index (χ3n) is 13.1. The van der Waals surface area contributed by atoms with Crippen molar-refractivity contribution in [3.8, 4) is 66.8 Å². The monoisotopic (exact) mass is 714 g/mol. The van der Waals surface area contributed by atoms with Crippen LogP contribution in [0.3, 0.4) is 0 Å². The maximum absolute atomic E-state index is 2.47. The van der Waals surface area contributed by atoms with Crippen LogP contribution >= 0.6 is 0 Å². The molecule has 0 nitrogen and oxygen atoms in total. The van der Waals surface area contributed by atoms with Crippen molar-refractivity contribution in [1.29, 1.82) is 0 Å². The van der Waals surface area contributed by atoms with Crippen molar-refractivity contribution < 1.29 is 0 Å². The number of rotatable bonds is 4. The predicted octanol–water partition coefficient (Wildman–Crippen LogP) is 15.3. The summed E-state index contributed by atoms with van der Waals surface area (Å²) in [5, 5.41) is 5.09. The van der Waals surface area contributed by atoms with Gasteiger partial charge in [0.25, 0.3) is 0 Å². The van der Waals surface area contributed by atoms with E-state index in [9.17, 15) is 0 Å². The van der Waals surface area contributed by atoms with Crippen LogP contribution in [-0.4, -0.2) is 0 Å². The van der Waals surface area contributed by atoms with Gasteiger partial charge in [-0.15, -0.1) is 0 Å². The molecule has 266 valence electrons. The van der Waals surface area contributed by atoms with E-state index < -0.39 is 0 Å². The molecule has 0 amide bonds. The van der Waals surface area contributed by atoms with E-state index in [0.717, 1.165) is 0 Å². The van der Waals surface area contributed by atoms with Gasteiger partial charge in [0.2, 0.25) is 0 Å². The van der Waals surface area contributed by atoms with Gasteiger partial charge < -0.3 is 0 Å². The maximum Gasteiger partial charge on any atom is 0.0159 e. The van der Waals surface area contributed by atoms with E-state index in [0.29, 0.717) is 0 Å². The molecule has 0 saturated carbocycles. The molecule has 0 aliphatic heterocycles. The zero-order valence-corrected chi connectivity index (χ0v) is 32.3. The molecule has 56 heavy (non-hydrogen) atoms. The van der Waals surface area contributed by atoms with Crippen molar-refractivity contribution >= 4 is 21.5 Å². The van der Waals surface area contributed by atoms with E-state index in [4.69, 9.17) is 0 Å². The van der Waals surface area contributed by atoms with Crippen molar-refractivity contribution in [1.82, 2.24) is 0 Å². The van der Waals surface area contributed by atoms with E-state index in [-0.39, 0.29) is 10.8 Å². The summed E-state index contributed by atoms with van der Waals surface area (Å²) in [6, 6.07) is 68.3. The fourth-order valence-corrected chi connectivity index (χ4v) is 10.4. The van der Waals surface area contributed by atoms with Crippen LogP contribution in [0, 0.1) is 0 Å². The van der Waals surface area contributed by atoms with Crippen molar-refractivity contribution in [2.45, 2.75) is 38.5 Å². The van der Waals surface area contributed by atoms with Gasteiger partial charge in [-0.3, -0.25) is 0 Å².